The highest BCUT2D eigenvalue weighted by Crippen LogP contribution is 2.18. The molecule has 0 unspecified atom stereocenters. The molecule has 1 atom stereocenters. The van der Waals surface area contributed by atoms with Crippen LogP contribution >= 0.6 is 0 Å². The van der Waals surface area contributed by atoms with Crippen LogP contribution in [0.5, 0.6) is 5.88 Å². The summed E-state index contributed by atoms with van der Waals surface area (Å²) in [5.41, 5.74) is 0. The van der Waals surface area contributed by atoms with Gasteiger partial charge >= 0.3 is 12.1 Å². The third-order valence-corrected chi connectivity index (χ3v) is 3.63. The monoisotopic (exact) mass is 328 g/mol. The van der Waals surface area contributed by atoms with Crippen molar-refractivity contribution in [1.29, 1.82) is 0 Å². The van der Waals surface area contributed by atoms with Gasteiger partial charge in [0.15, 0.2) is 6.61 Å². The van der Waals surface area contributed by atoms with Crippen molar-refractivity contribution in [3.63, 3.8) is 0 Å². The van der Waals surface area contributed by atoms with Gasteiger partial charge in [0.05, 0.1) is 6.20 Å². The van der Waals surface area contributed by atoms with E-state index in [1.165, 1.54) is 0 Å². The van der Waals surface area contributed by atoms with Crippen molar-refractivity contribution < 1.29 is 36.2 Å². The number of nitrogens with one attached hydrogen (secondary N) is 1. The summed E-state index contributed by atoms with van der Waals surface area (Å²) >= 11 is 0. The fraction of sp³-hybridized carbons (Fsp3) is 0.400. The van der Waals surface area contributed by atoms with Crippen molar-refractivity contribution in [3.05, 3.63) is 18.3 Å². The van der Waals surface area contributed by atoms with Crippen LogP contribution in [0.3, 0.4) is 0 Å². The lowest BCUT2D eigenvalue weighted by Crippen LogP contribution is -2.38. The van der Waals surface area contributed by atoms with Crippen molar-refractivity contribution in [2.24, 2.45) is 0 Å². The number of halogens is 3. The second kappa shape index (κ2) is 6.26. The minimum absolute atomic E-state index is 0.394. The normalized spacial score (nSPS) is 13.7. The van der Waals surface area contributed by atoms with Crippen LogP contribution in [0.2, 0.25) is 0 Å². The first-order chi connectivity index (χ1) is 9.51. The van der Waals surface area contributed by atoms with E-state index in [2.05, 4.69) is 9.72 Å². The average molecular weight is 328 g/mol. The molecule has 118 valence electrons. The van der Waals surface area contributed by atoms with Crippen molar-refractivity contribution in [3.8, 4) is 5.88 Å². The number of carboxylic acids is 1. The molecule has 0 aliphatic rings. The molecular weight excluding hydrogens is 317 g/mol. The molecule has 1 aromatic rings. The number of aliphatic carboxylic acids is 1. The highest BCUT2D eigenvalue weighted by atomic mass is 32.2. The van der Waals surface area contributed by atoms with Crippen LogP contribution in [0.15, 0.2) is 23.2 Å². The number of carbonyl (C=O) groups is 1. The first kappa shape index (κ1) is 17.2. The number of sulfonamides is 1. The van der Waals surface area contributed by atoms with Gasteiger partial charge in [0, 0.05) is 6.07 Å². The number of aromatic nitrogens is 1. The van der Waals surface area contributed by atoms with Gasteiger partial charge < -0.3 is 9.84 Å². The molecule has 0 aliphatic heterocycles. The summed E-state index contributed by atoms with van der Waals surface area (Å²) in [5.74, 6) is -1.78. The van der Waals surface area contributed by atoms with Gasteiger partial charge in [-0.1, -0.05) is 0 Å². The Morgan fingerprint density at radius 1 is 1.48 bits per heavy atom. The third-order valence-electron chi connectivity index (χ3n) is 2.11. The summed E-state index contributed by atoms with van der Waals surface area (Å²) in [6.45, 7) is -0.436. The Bertz CT molecular complexity index is 600. The molecule has 2 N–H and O–H groups in total. The molecule has 0 bridgehead atoms. The number of carboxylic acid groups (broad SMARTS) is 1. The standard InChI is InChI=1S/C10H11F3N2O5S/c1-6(9(16)17)15-21(18,19)7-2-3-8(14-4-7)20-5-10(11,12)13/h2-4,6,15H,5H2,1H3,(H,16,17)/t6-/m1/s1. The molecule has 1 heterocycles. The zero-order valence-electron chi connectivity index (χ0n) is 10.6. The summed E-state index contributed by atoms with van der Waals surface area (Å²) in [4.78, 5) is 13.6. The van der Waals surface area contributed by atoms with E-state index in [-0.39, 0.29) is 0 Å². The van der Waals surface area contributed by atoms with E-state index in [1.54, 1.807) is 0 Å². The van der Waals surface area contributed by atoms with Crippen LogP contribution in [0, 0.1) is 0 Å². The number of alkyl halides is 3. The predicted octanol–water partition coefficient (Wildman–Crippen LogP) is 0.774. The summed E-state index contributed by atoms with van der Waals surface area (Å²) in [6, 6.07) is 0.526. The van der Waals surface area contributed by atoms with Gasteiger partial charge in [-0.05, 0) is 13.0 Å². The lowest BCUT2D eigenvalue weighted by molar-refractivity contribution is -0.154. The summed E-state index contributed by atoms with van der Waals surface area (Å²) in [5, 5.41) is 8.61. The molecule has 0 aromatic carbocycles. The maximum absolute atomic E-state index is 11.9. The number of pyridine rings is 1. The number of nitrogens with zero attached hydrogens (tertiary/aromatic N) is 1. The first-order valence-electron chi connectivity index (χ1n) is 5.42. The van der Waals surface area contributed by atoms with Gasteiger partial charge in [-0.3, -0.25) is 4.79 Å². The van der Waals surface area contributed by atoms with Crippen molar-refractivity contribution in [1.82, 2.24) is 9.71 Å². The van der Waals surface area contributed by atoms with Crippen molar-refractivity contribution >= 4 is 16.0 Å². The molecular formula is C10H11F3N2O5S. The van der Waals surface area contributed by atoms with Gasteiger partial charge in [0.25, 0.3) is 0 Å². The fourth-order valence-corrected chi connectivity index (χ4v) is 2.26. The molecule has 0 saturated carbocycles. The number of ether oxygens (including phenoxy) is 1. The van der Waals surface area contributed by atoms with E-state index >= 15 is 0 Å². The SMILES string of the molecule is C[C@@H](NS(=O)(=O)c1ccc(OCC(F)(F)F)nc1)C(=O)O. The molecule has 1 rings (SSSR count). The van der Waals surface area contributed by atoms with Crippen LogP contribution in [0.1, 0.15) is 6.92 Å². The lowest BCUT2D eigenvalue weighted by atomic mass is 10.4. The zero-order chi connectivity index (χ0) is 16.3. The Labute approximate surface area is 117 Å². The molecule has 0 amide bonds. The van der Waals surface area contributed by atoms with Crippen molar-refractivity contribution in [2.45, 2.75) is 24.0 Å². The van der Waals surface area contributed by atoms with Crippen LogP contribution < -0.4 is 9.46 Å². The van der Waals surface area contributed by atoms with Crippen LogP contribution in [-0.4, -0.2) is 43.3 Å². The summed E-state index contributed by atoms with van der Waals surface area (Å²) in [6.07, 6.45) is -3.77. The average Bonchev–Trinajstić information content (AvgIpc) is 2.35. The van der Waals surface area contributed by atoms with Crippen LogP contribution in [0.25, 0.3) is 0 Å². The Hall–Kier alpha value is -1.88. The van der Waals surface area contributed by atoms with Gasteiger partial charge in [0.1, 0.15) is 10.9 Å². The molecule has 7 nitrogen and oxygen atoms in total. The summed E-state index contributed by atoms with van der Waals surface area (Å²) < 4.78 is 65.4. The van der Waals surface area contributed by atoms with Gasteiger partial charge in [-0.15, -0.1) is 0 Å². The highest BCUT2D eigenvalue weighted by molar-refractivity contribution is 7.89. The Morgan fingerprint density at radius 2 is 2.10 bits per heavy atom. The molecule has 0 fully saturated rings. The minimum Gasteiger partial charge on any atom is -0.480 e. The van der Waals surface area contributed by atoms with Crippen LogP contribution in [-0.2, 0) is 14.8 Å². The molecule has 0 aliphatic carbocycles. The van der Waals surface area contributed by atoms with E-state index in [0.29, 0.717) is 0 Å². The third kappa shape index (κ3) is 5.55. The smallest absolute Gasteiger partial charge is 0.422 e. The minimum atomic E-state index is -4.54. The second-order valence-corrected chi connectivity index (χ2v) is 5.63. The second-order valence-electron chi connectivity index (χ2n) is 3.92. The maximum atomic E-state index is 11.9. The highest BCUT2D eigenvalue weighted by Gasteiger charge is 2.29. The zero-order valence-corrected chi connectivity index (χ0v) is 11.4. The molecule has 21 heavy (non-hydrogen) atoms. The largest absolute Gasteiger partial charge is 0.480 e. The van der Waals surface area contributed by atoms with Gasteiger partial charge in [-0.25, -0.2) is 13.4 Å². The molecule has 1 aromatic heterocycles. The topological polar surface area (TPSA) is 106 Å². The molecule has 0 spiro atoms. The Balaban J connectivity index is 2.79. The van der Waals surface area contributed by atoms with Crippen molar-refractivity contribution in [2.75, 3.05) is 6.61 Å². The Kier molecular flexibility index (Phi) is 5.12. The molecule has 0 radical (unpaired) electrons. The molecule has 11 heteroatoms. The van der Waals surface area contributed by atoms with E-state index in [0.717, 1.165) is 25.3 Å². The van der Waals surface area contributed by atoms with E-state index in [9.17, 15) is 26.4 Å². The number of hydrogen-bond donors (Lipinski definition) is 2. The molecule has 0 saturated heterocycles. The number of rotatable bonds is 6. The van der Waals surface area contributed by atoms with Gasteiger partial charge in [0.2, 0.25) is 15.9 Å². The fourth-order valence-electron chi connectivity index (χ4n) is 1.12. The number of hydrogen-bond acceptors (Lipinski definition) is 5. The quantitative estimate of drug-likeness (QED) is 0.799. The van der Waals surface area contributed by atoms with E-state index < -0.39 is 45.6 Å². The summed E-state index contributed by atoms with van der Waals surface area (Å²) in [7, 11) is -4.14. The van der Waals surface area contributed by atoms with Crippen LogP contribution in [0.4, 0.5) is 13.2 Å². The predicted molar refractivity (Wildman–Crippen MR) is 63.2 cm³/mol. The lowest BCUT2D eigenvalue weighted by Gasteiger charge is -2.11. The van der Waals surface area contributed by atoms with E-state index in [1.807, 2.05) is 4.72 Å². The Morgan fingerprint density at radius 3 is 2.52 bits per heavy atom. The maximum Gasteiger partial charge on any atom is 0.422 e. The van der Waals surface area contributed by atoms with Gasteiger partial charge in [-0.2, -0.15) is 17.9 Å². The first-order valence-corrected chi connectivity index (χ1v) is 6.90. The van der Waals surface area contributed by atoms with E-state index in [4.69, 9.17) is 5.11 Å².